The summed E-state index contributed by atoms with van der Waals surface area (Å²) >= 11 is 0. The van der Waals surface area contributed by atoms with Gasteiger partial charge in [0.25, 0.3) is 0 Å². The summed E-state index contributed by atoms with van der Waals surface area (Å²) in [5.74, 6) is 0.205. The molecule has 1 saturated heterocycles. The van der Waals surface area contributed by atoms with Crippen LogP contribution >= 0.6 is 0 Å². The van der Waals surface area contributed by atoms with Gasteiger partial charge in [-0.3, -0.25) is 4.79 Å². The van der Waals surface area contributed by atoms with Crippen LogP contribution in [0, 0.1) is 0 Å². The third-order valence-corrected chi connectivity index (χ3v) is 3.67. The highest BCUT2D eigenvalue weighted by Crippen LogP contribution is 2.20. The Bertz CT molecular complexity index is 229. The smallest absolute Gasteiger partial charge is 0.225 e. The van der Waals surface area contributed by atoms with Crippen LogP contribution in [0.5, 0.6) is 0 Å². The first-order valence-corrected chi connectivity index (χ1v) is 6.75. The zero-order chi connectivity index (χ0) is 12.7. The molecule has 0 aromatic rings. The van der Waals surface area contributed by atoms with Gasteiger partial charge in [0, 0.05) is 26.2 Å². The number of likely N-dealkylation sites (tertiary alicyclic amines) is 1. The van der Waals surface area contributed by atoms with E-state index in [9.17, 15) is 4.79 Å². The molecule has 4 nitrogen and oxygen atoms in total. The molecular weight excluding hydrogens is 216 g/mol. The van der Waals surface area contributed by atoms with Crippen molar-refractivity contribution in [3.63, 3.8) is 0 Å². The fourth-order valence-corrected chi connectivity index (χ4v) is 2.51. The van der Waals surface area contributed by atoms with Crippen molar-refractivity contribution in [2.45, 2.75) is 57.6 Å². The van der Waals surface area contributed by atoms with E-state index in [0.717, 1.165) is 25.8 Å². The van der Waals surface area contributed by atoms with Crippen LogP contribution in [0.15, 0.2) is 0 Å². The third kappa shape index (κ3) is 4.28. The van der Waals surface area contributed by atoms with Gasteiger partial charge in [-0.15, -0.1) is 0 Å². The number of carbonyl (C=O) groups is 1. The zero-order valence-corrected chi connectivity index (χ0v) is 11.2. The standard InChI is InChI=1S/C13H26N2O2/c1-3-11-7-5-4-6-8-15(11)13(16)9-12(10-14)17-2/h11-12H,3-10,14H2,1-2H3. The topological polar surface area (TPSA) is 55.6 Å². The van der Waals surface area contributed by atoms with Crippen molar-refractivity contribution in [3.8, 4) is 0 Å². The lowest BCUT2D eigenvalue weighted by atomic mass is 10.1. The number of amides is 1. The molecule has 0 aliphatic carbocycles. The summed E-state index contributed by atoms with van der Waals surface area (Å²) in [4.78, 5) is 14.3. The fraction of sp³-hybridized carbons (Fsp3) is 0.923. The summed E-state index contributed by atoms with van der Waals surface area (Å²) < 4.78 is 5.19. The summed E-state index contributed by atoms with van der Waals surface area (Å²) in [6.45, 7) is 3.47. The van der Waals surface area contributed by atoms with Gasteiger partial charge in [0.2, 0.25) is 5.91 Å². The van der Waals surface area contributed by atoms with Crippen LogP contribution in [0.2, 0.25) is 0 Å². The minimum atomic E-state index is -0.136. The first-order chi connectivity index (χ1) is 8.22. The number of hydrogen-bond donors (Lipinski definition) is 1. The van der Waals surface area contributed by atoms with E-state index < -0.39 is 0 Å². The Labute approximate surface area is 104 Å². The van der Waals surface area contributed by atoms with Crippen LogP contribution in [0.3, 0.4) is 0 Å². The second-order valence-electron chi connectivity index (χ2n) is 4.80. The molecule has 17 heavy (non-hydrogen) atoms. The van der Waals surface area contributed by atoms with Crippen molar-refractivity contribution in [3.05, 3.63) is 0 Å². The molecule has 0 spiro atoms. The van der Waals surface area contributed by atoms with Gasteiger partial charge >= 0.3 is 0 Å². The molecule has 0 aromatic carbocycles. The van der Waals surface area contributed by atoms with E-state index in [1.54, 1.807) is 7.11 Å². The molecular formula is C13H26N2O2. The van der Waals surface area contributed by atoms with Crippen LogP contribution in [-0.4, -0.2) is 43.2 Å². The summed E-state index contributed by atoms with van der Waals surface area (Å²) in [6, 6.07) is 0.417. The third-order valence-electron chi connectivity index (χ3n) is 3.67. The summed E-state index contributed by atoms with van der Waals surface area (Å²) in [7, 11) is 1.62. The lowest BCUT2D eigenvalue weighted by Crippen LogP contribution is -2.42. The SMILES string of the molecule is CCC1CCCCCN1C(=O)CC(CN)OC. The Balaban J connectivity index is 2.57. The quantitative estimate of drug-likeness (QED) is 0.795. The molecule has 1 fully saturated rings. The molecule has 1 heterocycles. The van der Waals surface area contributed by atoms with Crippen LogP contribution in [-0.2, 0) is 9.53 Å². The Hall–Kier alpha value is -0.610. The van der Waals surface area contributed by atoms with Crippen molar-refractivity contribution >= 4 is 5.91 Å². The molecule has 0 aromatic heterocycles. The number of carbonyl (C=O) groups excluding carboxylic acids is 1. The van der Waals surface area contributed by atoms with Crippen molar-refractivity contribution in [1.29, 1.82) is 0 Å². The maximum absolute atomic E-state index is 12.2. The molecule has 100 valence electrons. The van der Waals surface area contributed by atoms with Gasteiger partial charge in [-0.25, -0.2) is 0 Å². The molecule has 1 aliphatic rings. The van der Waals surface area contributed by atoms with E-state index in [1.807, 2.05) is 0 Å². The van der Waals surface area contributed by atoms with E-state index in [1.165, 1.54) is 12.8 Å². The Morgan fingerprint density at radius 2 is 2.24 bits per heavy atom. The monoisotopic (exact) mass is 242 g/mol. The predicted molar refractivity (Wildman–Crippen MR) is 68.7 cm³/mol. The number of hydrogen-bond acceptors (Lipinski definition) is 3. The Morgan fingerprint density at radius 1 is 1.47 bits per heavy atom. The first-order valence-electron chi connectivity index (χ1n) is 6.75. The highest BCUT2D eigenvalue weighted by molar-refractivity contribution is 5.77. The van der Waals surface area contributed by atoms with E-state index in [0.29, 0.717) is 19.0 Å². The van der Waals surface area contributed by atoms with Crippen molar-refractivity contribution in [2.24, 2.45) is 5.73 Å². The molecule has 2 unspecified atom stereocenters. The van der Waals surface area contributed by atoms with Crippen molar-refractivity contribution < 1.29 is 9.53 Å². The van der Waals surface area contributed by atoms with Gasteiger partial charge in [-0.1, -0.05) is 19.8 Å². The van der Waals surface area contributed by atoms with Gasteiger partial charge in [0.1, 0.15) is 0 Å². The second-order valence-corrected chi connectivity index (χ2v) is 4.80. The molecule has 1 rings (SSSR count). The highest BCUT2D eigenvalue weighted by atomic mass is 16.5. The minimum absolute atomic E-state index is 0.136. The van der Waals surface area contributed by atoms with E-state index >= 15 is 0 Å². The normalized spacial score (nSPS) is 23.2. The fourth-order valence-electron chi connectivity index (χ4n) is 2.51. The van der Waals surface area contributed by atoms with Gasteiger partial charge < -0.3 is 15.4 Å². The maximum atomic E-state index is 12.2. The van der Waals surface area contributed by atoms with Crippen LogP contribution in [0.1, 0.15) is 45.4 Å². The van der Waals surface area contributed by atoms with Crippen molar-refractivity contribution in [2.75, 3.05) is 20.2 Å². The molecule has 0 radical (unpaired) electrons. The second kappa shape index (κ2) is 7.67. The number of rotatable bonds is 5. The number of nitrogens with two attached hydrogens (primary N) is 1. The van der Waals surface area contributed by atoms with Gasteiger partial charge in [-0.2, -0.15) is 0 Å². The van der Waals surface area contributed by atoms with E-state index in [4.69, 9.17) is 10.5 Å². The predicted octanol–water partition coefficient (Wildman–Crippen LogP) is 1.53. The highest BCUT2D eigenvalue weighted by Gasteiger charge is 2.25. The van der Waals surface area contributed by atoms with Gasteiger partial charge in [0.05, 0.1) is 12.5 Å². The number of methoxy groups -OCH3 is 1. The molecule has 2 atom stereocenters. The summed E-state index contributed by atoms with van der Waals surface area (Å²) in [5.41, 5.74) is 5.56. The van der Waals surface area contributed by atoms with Crippen molar-refractivity contribution in [1.82, 2.24) is 4.90 Å². The Kier molecular flexibility index (Phi) is 6.52. The van der Waals surface area contributed by atoms with E-state index in [2.05, 4.69) is 11.8 Å². The molecule has 1 amide bonds. The molecule has 4 heteroatoms. The lowest BCUT2D eigenvalue weighted by Gasteiger charge is -2.30. The average molecular weight is 242 g/mol. The van der Waals surface area contributed by atoms with Crippen LogP contribution in [0.25, 0.3) is 0 Å². The molecule has 1 aliphatic heterocycles. The van der Waals surface area contributed by atoms with E-state index in [-0.39, 0.29) is 12.0 Å². The summed E-state index contributed by atoms with van der Waals surface area (Å²) in [5, 5.41) is 0. The summed E-state index contributed by atoms with van der Waals surface area (Å²) in [6.07, 6.45) is 6.08. The van der Waals surface area contributed by atoms with Crippen LogP contribution < -0.4 is 5.73 Å². The largest absolute Gasteiger partial charge is 0.380 e. The zero-order valence-electron chi connectivity index (χ0n) is 11.2. The van der Waals surface area contributed by atoms with Gasteiger partial charge in [0.15, 0.2) is 0 Å². The maximum Gasteiger partial charge on any atom is 0.225 e. The van der Waals surface area contributed by atoms with Gasteiger partial charge in [-0.05, 0) is 19.3 Å². The Morgan fingerprint density at radius 3 is 2.82 bits per heavy atom. The molecule has 0 bridgehead atoms. The molecule has 0 saturated carbocycles. The first kappa shape index (κ1) is 14.5. The average Bonchev–Trinajstić information content (AvgIpc) is 2.60. The molecule has 2 N–H and O–H groups in total. The van der Waals surface area contributed by atoms with Crippen LogP contribution in [0.4, 0.5) is 0 Å². The lowest BCUT2D eigenvalue weighted by molar-refractivity contribution is -0.136. The number of ether oxygens (including phenoxy) is 1. The minimum Gasteiger partial charge on any atom is -0.380 e. The number of nitrogens with zero attached hydrogens (tertiary/aromatic N) is 1.